The number of hydrogen-bond donors (Lipinski definition) is 0. The third-order valence-electron chi connectivity index (χ3n) is 3.74. The number of esters is 1. The van der Waals surface area contributed by atoms with Gasteiger partial charge in [-0.25, -0.2) is 4.79 Å². The minimum absolute atomic E-state index is 0.276. The van der Waals surface area contributed by atoms with Crippen molar-refractivity contribution in [3.05, 3.63) is 89.5 Å². The van der Waals surface area contributed by atoms with Crippen molar-refractivity contribution in [1.29, 1.82) is 0 Å². The second-order valence-corrected chi connectivity index (χ2v) is 5.49. The molecular formula is C21H18O2. The third kappa shape index (κ3) is 3.86. The fourth-order valence-corrected chi connectivity index (χ4v) is 2.46. The summed E-state index contributed by atoms with van der Waals surface area (Å²) in [7, 11) is 0. The largest absolute Gasteiger partial charge is 0.458 e. The lowest BCUT2D eigenvalue weighted by Gasteiger charge is -2.06. The van der Waals surface area contributed by atoms with E-state index in [2.05, 4.69) is 12.1 Å². The summed E-state index contributed by atoms with van der Waals surface area (Å²) in [6.45, 7) is 2.31. The molecule has 0 aliphatic heterocycles. The molecule has 3 rings (SSSR count). The van der Waals surface area contributed by atoms with Crippen molar-refractivity contribution >= 4 is 22.8 Å². The van der Waals surface area contributed by atoms with Gasteiger partial charge in [0, 0.05) is 6.08 Å². The van der Waals surface area contributed by atoms with Crippen molar-refractivity contribution in [2.24, 2.45) is 0 Å². The Morgan fingerprint density at radius 3 is 2.52 bits per heavy atom. The van der Waals surface area contributed by atoms with Gasteiger partial charge < -0.3 is 4.74 Å². The molecule has 0 heterocycles. The highest BCUT2D eigenvalue weighted by molar-refractivity contribution is 5.88. The zero-order valence-electron chi connectivity index (χ0n) is 13.0. The minimum atomic E-state index is -0.335. The zero-order chi connectivity index (χ0) is 16.1. The van der Waals surface area contributed by atoms with Crippen LogP contribution in [0.25, 0.3) is 16.8 Å². The first-order valence-electron chi connectivity index (χ1n) is 7.60. The minimum Gasteiger partial charge on any atom is -0.458 e. The Balaban J connectivity index is 1.65. The molecule has 0 bridgehead atoms. The lowest BCUT2D eigenvalue weighted by molar-refractivity contribution is -0.138. The van der Waals surface area contributed by atoms with Gasteiger partial charge in [0.1, 0.15) is 6.61 Å². The maximum Gasteiger partial charge on any atom is 0.331 e. The molecule has 0 aliphatic carbocycles. The predicted molar refractivity (Wildman–Crippen MR) is 94.0 cm³/mol. The molecule has 0 unspecified atom stereocenters. The highest BCUT2D eigenvalue weighted by Gasteiger charge is 2.03. The summed E-state index contributed by atoms with van der Waals surface area (Å²) in [4.78, 5) is 11.9. The Hall–Kier alpha value is -2.87. The van der Waals surface area contributed by atoms with Gasteiger partial charge in [0.15, 0.2) is 0 Å². The lowest BCUT2D eigenvalue weighted by atomic mass is 10.1. The molecule has 0 saturated carbocycles. The van der Waals surface area contributed by atoms with E-state index in [1.807, 2.05) is 61.5 Å². The van der Waals surface area contributed by atoms with Crippen molar-refractivity contribution in [2.75, 3.05) is 0 Å². The number of rotatable bonds is 4. The van der Waals surface area contributed by atoms with E-state index in [0.29, 0.717) is 0 Å². The van der Waals surface area contributed by atoms with Crippen LogP contribution in [0.4, 0.5) is 0 Å². The van der Waals surface area contributed by atoms with Gasteiger partial charge in [-0.1, -0.05) is 72.3 Å². The van der Waals surface area contributed by atoms with E-state index >= 15 is 0 Å². The standard InChI is InChI=1S/C21H18O2/c1-16-9-11-17(12-10-16)13-14-21(22)23-15-19-7-4-6-18-5-2-3-8-20(18)19/h2-14H,15H2,1H3/b14-13+. The van der Waals surface area contributed by atoms with Crippen molar-refractivity contribution in [3.63, 3.8) is 0 Å². The first kappa shape index (κ1) is 15.0. The molecule has 2 heteroatoms. The van der Waals surface area contributed by atoms with Gasteiger partial charge >= 0.3 is 5.97 Å². The Labute approximate surface area is 136 Å². The van der Waals surface area contributed by atoms with Crippen LogP contribution in [0.1, 0.15) is 16.7 Å². The molecule has 0 aromatic heterocycles. The van der Waals surface area contributed by atoms with Crippen LogP contribution in [0, 0.1) is 6.92 Å². The van der Waals surface area contributed by atoms with Crippen LogP contribution in [0.5, 0.6) is 0 Å². The Kier molecular flexibility index (Phi) is 4.53. The van der Waals surface area contributed by atoms with Crippen LogP contribution >= 0.6 is 0 Å². The van der Waals surface area contributed by atoms with E-state index in [4.69, 9.17) is 4.74 Å². The summed E-state index contributed by atoms with van der Waals surface area (Å²) in [5.74, 6) is -0.335. The average Bonchev–Trinajstić information content (AvgIpc) is 2.59. The van der Waals surface area contributed by atoms with E-state index in [9.17, 15) is 4.79 Å². The maximum atomic E-state index is 11.9. The number of ether oxygens (including phenoxy) is 1. The smallest absolute Gasteiger partial charge is 0.331 e. The summed E-state index contributed by atoms with van der Waals surface area (Å²) >= 11 is 0. The molecule has 2 nitrogen and oxygen atoms in total. The summed E-state index contributed by atoms with van der Waals surface area (Å²) in [6, 6.07) is 22.1. The topological polar surface area (TPSA) is 26.3 Å². The summed E-state index contributed by atoms with van der Waals surface area (Å²) in [5, 5.41) is 2.27. The molecular weight excluding hydrogens is 284 g/mol. The molecule has 0 amide bonds. The van der Waals surface area contributed by atoms with Crippen molar-refractivity contribution in [1.82, 2.24) is 0 Å². The van der Waals surface area contributed by atoms with Gasteiger partial charge in [-0.2, -0.15) is 0 Å². The second kappa shape index (κ2) is 6.93. The summed E-state index contributed by atoms with van der Waals surface area (Å²) in [6.07, 6.45) is 3.24. The zero-order valence-corrected chi connectivity index (χ0v) is 13.0. The van der Waals surface area contributed by atoms with Gasteiger partial charge in [0.05, 0.1) is 0 Å². The van der Waals surface area contributed by atoms with Crippen LogP contribution in [0.2, 0.25) is 0 Å². The van der Waals surface area contributed by atoms with E-state index < -0.39 is 0 Å². The van der Waals surface area contributed by atoms with E-state index in [1.54, 1.807) is 6.08 Å². The van der Waals surface area contributed by atoms with Crippen LogP contribution in [0.3, 0.4) is 0 Å². The number of benzene rings is 3. The summed E-state index contributed by atoms with van der Waals surface area (Å²) in [5.41, 5.74) is 3.19. The van der Waals surface area contributed by atoms with Crippen LogP contribution in [-0.4, -0.2) is 5.97 Å². The number of fused-ring (bicyclic) bond motifs is 1. The maximum absolute atomic E-state index is 11.9. The van der Waals surface area contributed by atoms with Gasteiger partial charge in [-0.3, -0.25) is 0 Å². The van der Waals surface area contributed by atoms with Crippen molar-refractivity contribution < 1.29 is 9.53 Å². The SMILES string of the molecule is Cc1ccc(/C=C/C(=O)OCc2cccc3ccccc23)cc1. The summed E-state index contributed by atoms with van der Waals surface area (Å²) < 4.78 is 5.36. The molecule has 0 N–H and O–H groups in total. The van der Waals surface area contributed by atoms with E-state index in [1.165, 1.54) is 11.6 Å². The highest BCUT2D eigenvalue weighted by Crippen LogP contribution is 2.19. The molecule has 3 aromatic carbocycles. The first-order chi connectivity index (χ1) is 11.2. The normalized spacial score (nSPS) is 11.0. The third-order valence-corrected chi connectivity index (χ3v) is 3.74. The highest BCUT2D eigenvalue weighted by atomic mass is 16.5. The molecule has 0 aliphatic rings. The van der Waals surface area contributed by atoms with E-state index in [0.717, 1.165) is 21.9 Å². The van der Waals surface area contributed by atoms with Gasteiger partial charge in [0.2, 0.25) is 0 Å². The quantitative estimate of drug-likeness (QED) is 0.506. The molecule has 0 spiro atoms. The van der Waals surface area contributed by atoms with Crippen molar-refractivity contribution in [2.45, 2.75) is 13.5 Å². The van der Waals surface area contributed by atoms with Gasteiger partial charge in [-0.15, -0.1) is 0 Å². The first-order valence-corrected chi connectivity index (χ1v) is 7.60. The van der Waals surface area contributed by atoms with Gasteiger partial charge in [0.25, 0.3) is 0 Å². The molecule has 0 atom stereocenters. The molecule has 23 heavy (non-hydrogen) atoms. The molecule has 3 aromatic rings. The van der Waals surface area contributed by atoms with Crippen LogP contribution in [0.15, 0.2) is 72.8 Å². The van der Waals surface area contributed by atoms with E-state index in [-0.39, 0.29) is 12.6 Å². The lowest BCUT2D eigenvalue weighted by Crippen LogP contribution is -2.01. The molecule has 0 fully saturated rings. The number of carbonyl (C=O) groups excluding carboxylic acids is 1. The van der Waals surface area contributed by atoms with Crippen LogP contribution < -0.4 is 0 Å². The monoisotopic (exact) mass is 302 g/mol. The Morgan fingerprint density at radius 2 is 1.70 bits per heavy atom. The Morgan fingerprint density at radius 1 is 0.957 bits per heavy atom. The number of carbonyl (C=O) groups is 1. The van der Waals surface area contributed by atoms with Crippen LogP contribution in [-0.2, 0) is 16.1 Å². The average molecular weight is 302 g/mol. The Bertz CT molecular complexity index is 840. The molecule has 0 radical (unpaired) electrons. The predicted octanol–water partition coefficient (Wildman–Crippen LogP) is 4.90. The van der Waals surface area contributed by atoms with Gasteiger partial charge in [-0.05, 0) is 34.9 Å². The molecule has 0 saturated heterocycles. The molecule has 114 valence electrons. The fourth-order valence-electron chi connectivity index (χ4n) is 2.46. The number of hydrogen-bond acceptors (Lipinski definition) is 2. The fraction of sp³-hybridized carbons (Fsp3) is 0.0952. The second-order valence-electron chi connectivity index (χ2n) is 5.49. The number of aryl methyl sites for hydroxylation is 1. The van der Waals surface area contributed by atoms with Crippen molar-refractivity contribution in [3.8, 4) is 0 Å².